The van der Waals surface area contributed by atoms with E-state index < -0.39 is 30.4 Å². The second-order valence-electron chi connectivity index (χ2n) is 5.87. The van der Waals surface area contributed by atoms with Crippen molar-refractivity contribution in [2.24, 2.45) is 5.92 Å². The summed E-state index contributed by atoms with van der Waals surface area (Å²) in [5.74, 6) is 0.162. The normalized spacial score (nSPS) is 13.4. The zero-order valence-electron chi connectivity index (χ0n) is 14.8. The Morgan fingerprint density at radius 3 is 1.00 bits per heavy atom. The van der Waals surface area contributed by atoms with Gasteiger partial charge in [-0.05, 0) is 44.4 Å². The van der Waals surface area contributed by atoms with E-state index in [-0.39, 0.29) is 25.7 Å². The first-order valence-electron chi connectivity index (χ1n) is 7.82. The molecule has 0 aromatic carbocycles. The quantitative estimate of drug-likeness (QED) is 0.277. The fourth-order valence-corrected chi connectivity index (χ4v) is 3.44. The lowest BCUT2D eigenvalue weighted by atomic mass is 9.93. The molecule has 0 atom stereocenters. The van der Waals surface area contributed by atoms with Gasteiger partial charge in [0.1, 0.15) is 0 Å². The molecule has 0 fully saturated rings. The fourth-order valence-electron chi connectivity index (χ4n) is 2.18. The van der Waals surface area contributed by atoms with Crippen LogP contribution in [0.4, 0.5) is 0 Å². The van der Waals surface area contributed by atoms with Crippen LogP contribution in [0.15, 0.2) is 0 Å². The van der Waals surface area contributed by atoms with Gasteiger partial charge in [0.05, 0.1) is 38.6 Å². The second kappa shape index (κ2) is 11.4. The summed E-state index contributed by atoms with van der Waals surface area (Å²) >= 11 is 0. The van der Waals surface area contributed by atoms with Crippen molar-refractivity contribution in [2.45, 2.75) is 38.5 Å². The highest BCUT2D eigenvalue weighted by Gasteiger charge is 2.12. The topological polar surface area (TPSA) is 130 Å². The Kier molecular flexibility index (Phi) is 11.3. The molecule has 0 aromatic heterocycles. The molecule has 0 spiro atoms. The molecule has 0 saturated carbocycles. The van der Waals surface area contributed by atoms with Gasteiger partial charge < -0.3 is 0 Å². The van der Waals surface area contributed by atoms with Crippen molar-refractivity contribution >= 4 is 30.4 Å². The molecule has 0 aliphatic carbocycles. The van der Waals surface area contributed by atoms with E-state index in [4.69, 9.17) is 0 Å². The molecule has 0 bridgehead atoms. The summed E-state index contributed by atoms with van der Waals surface area (Å²) in [4.78, 5) is 0. The van der Waals surface area contributed by atoms with Gasteiger partial charge in [-0.3, -0.25) is 12.5 Å². The Hall–Kier alpha value is -0.270. The Morgan fingerprint density at radius 2 is 0.800 bits per heavy atom. The maximum Gasteiger partial charge on any atom is 0.264 e. The molecule has 0 radical (unpaired) electrons. The first kappa shape index (κ1) is 24.7. The molecular formula is C13H28O9S3. The van der Waals surface area contributed by atoms with Crippen LogP contribution >= 0.6 is 0 Å². The summed E-state index contributed by atoms with van der Waals surface area (Å²) in [6, 6.07) is 0. The van der Waals surface area contributed by atoms with Gasteiger partial charge in [-0.15, -0.1) is 0 Å². The van der Waals surface area contributed by atoms with Crippen molar-refractivity contribution in [1.29, 1.82) is 0 Å². The van der Waals surface area contributed by atoms with Crippen LogP contribution in [0.25, 0.3) is 0 Å². The second-order valence-corrected chi connectivity index (χ2v) is 10.8. The van der Waals surface area contributed by atoms with Crippen molar-refractivity contribution < 1.29 is 37.8 Å². The third kappa shape index (κ3) is 19.9. The third-order valence-corrected chi connectivity index (χ3v) is 4.95. The monoisotopic (exact) mass is 424 g/mol. The lowest BCUT2D eigenvalue weighted by Gasteiger charge is -2.16. The van der Waals surface area contributed by atoms with E-state index in [9.17, 15) is 25.3 Å². The minimum Gasteiger partial charge on any atom is -0.270 e. The molecule has 9 nitrogen and oxygen atoms in total. The van der Waals surface area contributed by atoms with Gasteiger partial charge in [-0.2, -0.15) is 25.3 Å². The molecule has 152 valence electrons. The van der Waals surface area contributed by atoms with E-state index in [0.29, 0.717) is 38.5 Å². The summed E-state index contributed by atoms with van der Waals surface area (Å²) in [6.07, 6.45) is 6.54. The van der Waals surface area contributed by atoms with Crippen molar-refractivity contribution in [3.8, 4) is 0 Å². The molecule has 0 aromatic rings. The molecule has 0 rings (SSSR count). The van der Waals surface area contributed by atoms with Crippen LogP contribution in [0.1, 0.15) is 38.5 Å². The average molecular weight is 425 g/mol. The van der Waals surface area contributed by atoms with Gasteiger partial charge in [0.15, 0.2) is 0 Å². The van der Waals surface area contributed by atoms with Gasteiger partial charge in [-0.25, -0.2) is 0 Å². The van der Waals surface area contributed by atoms with Gasteiger partial charge >= 0.3 is 0 Å². The maximum absolute atomic E-state index is 10.9. The van der Waals surface area contributed by atoms with E-state index >= 15 is 0 Å². The van der Waals surface area contributed by atoms with Crippen LogP contribution in [-0.2, 0) is 42.9 Å². The van der Waals surface area contributed by atoms with E-state index in [0.717, 1.165) is 18.8 Å². The summed E-state index contributed by atoms with van der Waals surface area (Å²) < 4.78 is 79.6. The minimum atomic E-state index is -3.47. The molecular weight excluding hydrogens is 396 g/mol. The standard InChI is InChI=1S/C13H28O9S3/c1-23(14,15)20-10-4-7-13(8-5-11-21-24(2,16)17)9-6-12-22-25(3,18)19/h13H,4-12H2,1-3H3. The predicted molar refractivity (Wildman–Crippen MR) is 93.6 cm³/mol. The van der Waals surface area contributed by atoms with Crippen LogP contribution in [-0.4, -0.2) is 63.8 Å². The van der Waals surface area contributed by atoms with Crippen LogP contribution in [0.3, 0.4) is 0 Å². The van der Waals surface area contributed by atoms with Crippen molar-refractivity contribution in [2.75, 3.05) is 38.6 Å². The molecule has 0 N–H and O–H groups in total. The molecule has 0 aliphatic heterocycles. The number of rotatable bonds is 15. The van der Waals surface area contributed by atoms with Crippen LogP contribution in [0.5, 0.6) is 0 Å². The first-order valence-corrected chi connectivity index (χ1v) is 13.3. The largest absolute Gasteiger partial charge is 0.270 e. The highest BCUT2D eigenvalue weighted by molar-refractivity contribution is 7.86. The fraction of sp³-hybridized carbons (Fsp3) is 1.00. The van der Waals surface area contributed by atoms with Gasteiger partial charge in [-0.1, -0.05) is 0 Å². The summed E-state index contributed by atoms with van der Waals surface area (Å²) in [5, 5.41) is 0. The molecule has 0 amide bonds. The Labute approximate surface area is 151 Å². The van der Waals surface area contributed by atoms with E-state index in [2.05, 4.69) is 12.5 Å². The number of hydrogen-bond donors (Lipinski definition) is 0. The summed E-state index contributed by atoms with van der Waals surface area (Å²) in [5.41, 5.74) is 0. The zero-order valence-corrected chi connectivity index (χ0v) is 17.3. The summed E-state index contributed by atoms with van der Waals surface area (Å²) in [6.45, 7) is 0.235. The maximum atomic E-state index is 10.9. The summed E-state index contributed by atoms with van der Waals surface area (Å²) in [7, 11) is -10.4. The Bertz CT molecular complexity index is 570. The predicted octanol–water partition coefficient (Wildman–Crippen LogP) is 0.872. The number of hydrogen-bond acceptors (Lipinski definition) is 9. The molecule has 0 heterocycles. The molecule has 12 heteroatoms. The highest BCUT2D eigenvalue weighted by Crippen LogP contribution is 2.20. The smallest absolute Gasteiger partial charge is 0.264 e. The van der Waals surface area contributed by atoms with Crippen LogP contribution < -0.4 is 0 Å². The van der Waals surface area contributed by atoms with Crippen LogP contribution in [0.2, 0.25) is 0 Å². The molecule has 0 aliphatic rings. The molecule has 0 saturated heterocycles. The highest BCUT2D eigenvalue weighted by atomic mass is 32.2. The Balaban J connectivity index is 4.24. The SMILES string of the molecule is CS(=O)(=O)OCCCC(CCCOS(C)(=O)=O)CCCOS(C)(=O)=O. The average Bonchev–Trinajstić information content (AvgIpc) is 2.40. The van der Waals surface area contributed by atoms with E-state index in [1.54, 1.807) is 0 Å². The van der Waals surface area contributed by atoms with E-state index in [1.807, 2.05) is 0 Å². The lowest BCUT2D eigenvalue weighted by molar-refractivity contribution is 0.254. The van der Waals surface area contributed by atoms with E-state index in [1.165, 1.54) is 0 Å². The Morgan fingerprint density at radius 1 is 0.560 bits per heavy atom. The zero-order chi connectivity index (χ0) is 19.6. The molecule has 0 unspecified atom stereocenters. The molecule has 25 heavy (non-hydrogen) atoms. The lowest BCUT2D eigenvalue weighted by Crippen LogP contribution is -2.11. The minimum absolute atomic E-state index is 0.0784. The first-order chi connectivity index (χ1) is 11.3. The van der Waals surface area contributed by atoms with Gasteiger partial charge in [0.25, 0.3) is 30.4 Å². The van der Waals surface area contributed by atoms with Gasteiger partial charge in [0.2, 0.25) is 0 Å². The van der Waals surface area contributed by atoms with Crippen molar-refractivity contribution in [1.82, 2.24) is 0 Å². The van der Waals surface area contributed by atoms with Crippen molar-refractivity contribution in [3.05, 3.63) is 0 Å². The van der Waals surface area contributed by atoms with Crippen molar-refractivity contribution in [3.63, 3.8) is 0 Å². The van der Waals surface area contributed by atoms with Crippen LogP contribution in [0, 0.1) is 5.92 Å². The van der Waals surface area contributed by atoms with Gasteiger partial charge in [0, 0.05) is 0 Å². The third-order valence-electron chi connectivity index (χ3n) is 3.16.